The maximum absolute atomic E-state index is 14.8. The number of amides is 3. The van der Waals surface area contributed by atoms with Crippen LogP contribution in [0.4, 0.5) is 10.1 Å². The molecule has 3 amide bonds. The van der Waals surface area contributed by atoms with Gasteiger partial charge in [0.25, 0.3) is 5.91 Å². The first-order valence-electron chi connectivity index (χ1n) is 12.0. The second-order valence-corrected chi connectivity index (χ2v) is 10.7. The molecule has 7 nitrogen and oxygen atoms in total. The normalized spacial score (nSPS) is 24.9. The summed E-state index contributed by atoms with van der Waals surface area (Å²) in [6, 6.07) is 11.0. The number of anilines is 1. The second-order valence-electron chi connectivity index (χ2n) is 9.79. The molecule has 2 heterocycles. The van der Waals surface area contributed by atoms with Gasteiger partial charge < -0.3 is 14.9 Å². The molecule has 0 radical (unpaired) electrons. The summed E-state index contributed by atoms with van der Waals surface area (Å²) in [7, 11) is 0. The topological polar surface area (TPSA) is 81.2 Å². The minimum Gasteiger partial charge on any atom is -0.393 e. The molecule has 1 N–H and O–H groups in total. The zero-order valence-corrected chi connectivity index (χ0v) is 21.0. The summed E-state index contributed by atoms with van der Waals surface area (Å²) in [5.74, 6) is -1.93. The van der Waals surface area contributed by atoms with E-state index in [-0.39, 0.29) is 48.5 Å². The number of piperidine rings is 1. The van der Waals surface area contributed by atoms with E-state index in [0.29, 0.717) is 31.0 Å². The first-order chi connectivity index (χ1) is 17.2. The van der Waals surface area contributed by atoms with Crippen LogP contribution in [0, 0.1) is 11.7 Å². The third-order valence-corrected chi connectivity index (χ3v) is 7.99. The fraction of sp³-hybridized carbons (Fsp3) is 0.423. The van der Waals surface area contributed by atoms with E-state index in [4.69, 9.17) is 23.2 Å². The van der Waals surface area contributed by atoms with Gasteiger partial charge in [0.05, 0.1) is 11.8 Å². The highest BCUT2D eigenvalue weighted by Gasteiger charge is 2.62. The molecule has 0 aromatic heterocycles. The summed E-state index contributed by atoms with van der Waals surface area (Å²) >= 11 is 11.9. The maximum atomic E-state index is 14.8. The van der Waals surface area contributed by atoms with E-state index in [1.165, 1.54) is 21.9 Å². The van der Waals surface area contributed by atoms with Gasteiger partial charge >= 0.3 is 0 Å². The first-order valence-corrected chi connectivity index (χ1v) is 12.7. The third kappa shape index (κ3) is 4.46. The summed E-state index contributed by atoms with van der Waals surface area (Å²) in [6.45, 7) is 0.796. The first kappa shape index (κ1) is 25.0. The fourth-order valence-electron chi connectivity index (χ4n) is 5.47. The lowest BCUT2D eigenvalue weighted by Crippen LogP contribution is -2.74. The zero-order valence-electron chi connectivity index (χ0n) is 19.5. The predicted molar refractivity (Wildman–Crippen MR) is 133 cm³/mol. The van der Waals surface area contributed by atoms with Crippen molar-refractivity contribution in [2.75, 3.05) is 24.5 Å². The highest BCUT2D eigenvalue weighted by Crippen LogP contribution is 2.48. The Balaban J connectivity index is 1.43. The Hall–Kier alpha value is -2.68. The average Bonchev–Trinajstić information content (AvgIpc) is 2.82. The van der Waals surface area contributed by atoms with E-state index in [9.17, 15) is 23.9 Å². The lowest BCUT2D eigenvalue weighted by atomic mass is 9.64. The van der Waals surface area contributed by atoms with Crippen LogP contribution in [-0.4, -0.2) is 63.9 Å². The summed E-state index contributed by atoms with van der Waals surface area (Å²) in [5.41, 5.74) is -0.467. The van der Waals surface area contributed by atoms with Crippen LogP contribution in [0.5, 0.6) is 0 Å². The van der Waals surface area contributed by atoms with Gasteiger partial charge in [0, 0.05) is 35.6 Å². The van der Waals surface area contributed by atoms with Gasteiger partial charge in [-0.05, 0) is 61.6 Å². The summed E-state index contributed by atoms with van der Waals surface area (Å²) < 4.78 is 14.8. The molecule has 0 bridgehead atoms. The molecule has 10 heteroatoms. The molecule has 2 saturated heterocycles. The Morgan fingerprint density at radius 3 is 2.31 bits per heavy atom. The smallest absolute Gasteiger partial charge is 0.253 e. The Labute approximate surface area is 218 Å². The van der Waals surface area contributed by atoms with Gasteiger partial charge in [0.2, 0.25) is 11.8 Å². The van der Waals surface area contributed by atoms with Crippen LogP contribution in [0.25, 0.3) is 0 Å². The van der Waals surface area contributed by atoms with Gasteiger partial charge in [-0.15, -0.1) is 0 Å². The molecule has 0 unspecified atom stereocenters. The lowest BCUT2D eigenvalue weighted by Gasteiger charge is -2.57. The van der Waals surface area contributed by atoms with Crippen molar-refractivity contribution in [1.29, 1.82) is 0 Å². The van der Waals surface area contributed by atoms with Crippen molar-refractivity contribution in [3.63, 3.8) is 0 Å². The van der Waals surface area contributed by atoms with Crippen LogP contribution in [0.2, 0.25) is 10.0 Å². The van der Waals surface area contributed by atoms with Gasteiger partial charge in [-0.3, -0.25) is 19.3 Å². The Morgan fingerprint density at radius 2 is 1.67 bits per heavy atom. The van der Waals surface area contributed by atoms with Crippen LogP contribution in [0.15, 0.2) is 42.5 Å². The Kier molecular flexibility index (Phi) is 6.70. The van der Waals surface area contributed by atoms with Crippen molar-refractivity contribution < 1.29 is 23.9 Å². The second kappa shape index (κ2) is 9.65. The van der Waals surface area contributed by atoms with Crippen molar-refractivity contribution in [2.24, 2.45) is 5.92 Å². The number of benzene rings is 2. The Morgan fingerprint density at radius 1 is 1.03 bits per heavy atom. The molecule has 3 aliphatic rings. The molecule has 0 atom stereocenters. The average molecular weight is 534 g/mol. The number of aliphatic hydroxyl groups is 1. The molecule has 2 aliphatic heterocycles. The van der Waals surface area contributed by atoms with Crippen molar-refractivity contribution in [1.82, 2.24) is 9.80 Å². The van der Waals surface area contributed by atoms with E-state index in [1.807, 2.05) is 0 Å². The molecular formula is C26H26Cl2FN3O4. The number of likely N-dealkylation sites (tertiary alicyclic amines) is 1. The van der Waals surface area contributed by atoms with Crippen molar-refractivity contribution >= 4 is 46.6 Å². The van der Waals surface area contributed by atoms with Gasteiger partial charge in [-0.2, -0.15) is 0 Å². The molecule has 190 valence electrons. The summed E-state index contributed by atoms with van der Waals surface area (Å²) in [5, 5.41) is 10.5. The predicted octanol–water partition coefficient (Wildman–Crippen LogP) is 3.64. The molecule has 1 aliphatic carbocycles. The number of rotatable bonds is 4. The molecule has 2 aromatic carbocycles. The number of hydrogen-bond donors (Lipinski definition) is 1. The molecule has 1 saturated carbocycles. The highest BCUT2D eigenvalue weighted by atomic mass is 35.5. The largest absolute Gasteiger partial charge is 0.393 e. The van der Waals surface area contributed by atoms with Crippen molar-refractivity contribution in [2.45, 2.75) is 43.9 Å². The van der Waals surface area contributed by atoms with Crippen LogP contribution in [0.1, 0.15) is 31.2 Å². The minimum atomic E-state index is -1.25. The fourth-order valence-corrected chi connectivity index (χ4v) is 5.76. The van der Waals surface area contributed by atoms with E-state index in [2.05, 4.69) is 0 Å². The van der Waals surface area contributed by atoms with Crippen molar-refractivity contribution in [3.8, 4) is 0 Å². The van der Waals surface area contributed by atoms with Crippen LogP contribution in [-0.2, 0) is 20.9 Å². The molecule has 3 fully saturated rings. The van der Waals surface area contributed by atoms with Gasteiger partial charge in [0.15, 0.2) is 0 Å². The van der Waals surface area contributed by atoms with E-state index in [1.54, 1.807) is 29.2 Å². The quantitative estimate of drug-likeness (QED) is 0.650. The van der Waals surface area contributed by atoms with E-state index in [0.717, 1.165) is 11.6 Å². The summed E-state index contributed by atoms with van der Waals surface area (Å²) in [6.07, 6.45) is 0.960. The molecule has 5 rings (SSSR count). The van der Waals surface area contributed by atoms with E-state index >= 15 is 0 Å². The minimum absolute atomic E-state index is 0.0111. The monoisotopic (exact) mass is 533 g/mol. The molecule has 2 aromatic rings. The number of aliphatic hydroxyl groups excluding tert-OH is 1. The zero-order chi connectivity index (χ0) is 25.6. The highest BCUT2D eigenvalue weighted by molar-refractivity contribution is 6.31. The molecular weight excluding hydrogens is 508 g/mol. The molecule has 36 heavy (non-hydrogen) atoms. The van der Waals surface area contributed by atoms with Crippen LogP contribution >= 0.6 is 23.2 Å². The number of halogens is 3. The molecule has 1 spiro atoms. The Bertz CT molecular complexity index is 1190. The van der Waals surface area contributed by atoms with Crippen LogP contribution < -0.4 is 4.90 Å². The number of piperazine rings is 1. The number of carbonyl (C=O) groups excluding carboxylic acids is 3. The third-order valence-electron chi connectivity index (χ3n) is 7.50. The lowest BCUT2D eigenvalue weighted by molar-refractivity contribution is -0.168. The van der Waals surface area contributed by atoms with Gasteiger partial charge in [-0.25, -0.2) is 4.39 Å². The number of carbonyl (C=O) groups is 3. The standard InChI is InChI=1S/C26H26Cl2FN3O4/c27-18-3-1-16(2-4-18)14-32-23(34)15-31(22-6-5-19(28)11-21(22)29)25(36)26(32)12-17(13-26)24(35)30-9-7-20(33)8-10-30/h1-6,11,17,20,33H,7-10,12-15H2/t17-,26+. The maximum Gasteiger partial charge on any atom is 0.253 e. The van der Waals surface area contributed by atoms with Gasteiger partial charge in [-0.1, -0.05) is 35.3 Å². The SMILES string of the molecule is O=C1CN(c2ccc(Cl)cc2F)C(=O)[C@]2(C[C@H](C(=O)N3CCC(O)CC3)C2)N1Cc1ccc(Cl)cc1. The van der Waals surface area contributed by atoms with Gasteiger partial charge in [0.1, 0.15) is 17.9 Å². The number of nitrogens with zero attached hydrogens (tertiary/aromatic N) is 3. The van der Waals surface area contributed by atoms with Crippen LogP contribution in [0.3, 0.4) is 0 Å². The van der Waals surface area contributed by atoms with E-state index < -0.39 is 29.3 Å². The summed E-state index contributed by atoms with van der Waals surface area (Å²) in [4.78, 5) is 44.9. The number of hydrogen-bond acceptors (Lipinski definition) is 4. The van der Waals surface area contributed by atoms with Crippen molar-refractivity contribution in [3.05, 3.63) is 63.9 Å².